The summed E-state index contributed by atoms with van der Waals surface area (Å²) in [7, 11) is -1.47. The molecule has 4 rings (SSSR count). The van der Waals surface area contributed by atoms with Crippen LogP contribution in [0.3, 0.4) is 0 Å². The topological polar surface area (TPSA) is 89.4 Å². The number of ether oxygens (including phenoxy) is 1. The molecular weight excluding hydrogens is 342 g/mol. The zero-order valence-electron chi connectivity index (χ0n) is 14.1. The Morgan fingerprint density at radius 1 is 1.28 bits per heavy atom. The first-order chi connectivity index (χ1) is 11.8. The number of fused-ring (bicyclic) bond motifs is 2. The van der Waals surface area contributed by atoms with Gasteiger partial charge in [-0.1, -0.05) is 18.2 Å². The zero-order chi connectivity index (χ0) is 17.8. The Morgan fingerprint density at radius 2 is 2.04 bits per heavy atom. The van der Waals surface area contributed by atoms with Crippen LogP contribution in [0.15, 0.2) is 30.5 Å². The van der Waals surface area contributed by atoms with Crippen LogP contribution in [0.25, 0.3) is 10.9 Å². The van der Waals surface area contributed by atoms with E-state index in [2.05, 4.69) is 10.0 Å². The van der Waals surface area contributed by atoms with Gasteiger partial charge in [0.25, 0.3) is 5.91 Å². The van der Waals surface area contributed by atoms with Crippen LogP contribution in [0.5, 0.6) is 0 Å². The van der Waals surface area contributed by atoms with Gasteiger partial charge in [-0.25, -0.2) is 13.1 Å². The van der Waals surface area contributed by atoms with E-state index in [1.165, 1.54) is 0 Å². The highest BCUT2D eigenvalue weighted by Gasteiger charge is 2.55. The lowest BCUT2D eigenvalue weighted by Crippen LogP contribution is -2.70. The summed E-state index contributed by atoms with van der Waals surface area (Å²) in [4.78, 5) is 12.8. The zero-order valence-corrected chi connectivity index (χ0v) is 14.9. The maximum Gasteiger partial charge on any atom is 0.253 e. The highest BCUT2D eigenvalue weighted by Crippen LogP contribution is 2.39. The second-order valence-electron chi connectivity index (χ2n) is 6.87. The molecule has 4 atom stereocenters. The molecule has 2 heterocycles. The van der Waals surface area contributed by atoms with Crippen LogP contribution in [0.4, 0.5) is 0 Å². The molecule has 134 valence electrons. The number of amides is 1. The Balaban J connectivity index is 1.58. The fourth-order valence-electron chi connectivity index (χ4n) is 4.04. The van der Waals surface area contributed by atoms with Crippen molar-refractivity contribution in [3.63, 3.8) is 0 Å². The molecule has 1 aromatic carbocycles. The second-order valence-corrected chi connectivity index (χ2v) is 8.65. The molecule has 0 bridgehead atoms. The summed E-state index contributed by atoms with van der Waals surface area (Å²) in [6, 6.07) is 7.04. The molecule has 8 heteroatoms. The van der Waals surface area contributed by atoms with Crippen LogP contribution < -0.4 is 10.0 Å². The van der Waals surface area contributed by atoms with E-state index < -0.39 is 16.1 Å². The number of sulfonamides is 1. The number of rotatable bonds is 4. The van der Waals surface area contributed by atoms with Crippen LogP contribution >= 0.6 is 0 Å². The van der Waals surface area contributed by atoms with Crippen LogP contribution in [0.2, 0.25) is 0 Å². The lowest BCUT2D eigenvalue weighted by atomic mass is 9.72. The van der Waals surface area contributed by atoms with E-state index in [0.717, 1.165) is 23.6 Å². The second kappa shape index (κ2) is 5.82. The van der Waals surface area contributed by atoms with Crippen molar-refractivity contribution in [2.45, 2.75) is 24.6 Å². The first-order valence-electron chi connectivity index (χ1n) is 8.29. The standard InChI is InChI=1S/C17H21N3O4S/c1-20-9-12(10-5-3-4-6-13(10)20)17(21)18-14-11-7-8-24-16(11)15(14)19-25(2,22)23/h3-6,9,11,14-16,19H,7-8H2,1-2H3,(H,18,21). The van der Waals surface area contributed by atoms with Gasteiger partial charge < -0.3 is 14.6 Å². The van der Waals surface area contributed by atoms with Crippen molar-refractivity contribution >= 4 is 26.8 Å². The van der Waals surface area contributed by atoms with Gasteiger partial charge in [-0.15, -0.1) is 0 Å². The third-order valence-corrected chi connectivity index (χ3v) is 5.88. The predicted octanol–water partition coefficient (Wildman–Crippen LogP) is 0.613. The number of hydrogen-bond acceptors (Lipinski definition) is 4. The summed E-state index contributed by atoms with van der Waals surface area (Å²) in [5.74, 6) is -0.0365. The monoisotopic (exact) mass is 363 g/mol. The van der Waals surface area contributed by atoms with E-state index >= 15 is 0 Å². The molecule has 25 heavy (non-hydrogen) atoms. The van der Waals surface area contributed by atoms with Gasteiger partial charge in [0, 0.05) is 36.7 Å². The molecule has 0 spiro atoms. The van der Waals surface area contributed by atoms with Crippen molar-refractivity contribution in [2.24, 2.45) is 13.0 Å². The molecule has 7 nitrogen and oxygen atoms in total. The number of hydrogen-bond donors (Lipinski definition) is 2. The molecule has 1 amide bonds. The summed E-state index contributed by atoms with van der Waals surface area (Å²) in [5, 5.41) is 3.91. The molecule has 1 aliphatic carbocycles. The maximum atomic E-state index is 12.8. The number of carbonyl (C=O) groups is 1. The van der Waals surface area contributed by atoms with Crippen molar-refractivity contribution in [1.82, 2.24) is 14.6 Å². The van der Waals surface area contributed by atoms with Crippen molar-refractivity contribution in [3.05, 3.63) is 36.0 Å². The fraction of sp³-hybridized carbons (Fsp3) is 0.471. The van der Waals surface area contributed by atoms with Crippen molar-refractivity contribution in [3.8, 4) is 0 Å². The quantitative estimate of drug-likeness (QED) is 0.833. The minimum Gasteiger partial charge on any atom is -0.376 e. The fourth-order valence-corrected chi connectivity index (χ4v) is 4.82. The molecule has 2 N–H and O–H groups in total. The molecule has 0 radical (unpaired) electrons. The number of carbonyl (C=O) groups excluding carboxylic acids is 1. The number of nitrogens with zero attached hydrogens (tertiary/aromatic N) is 1. The Morgan fingerprint density at radius 3 is 2.80 bits per heavy atom. The van der Waals surface area contributed by atoms with Crippen molar-refractivity contribution < 1.29 is 17.9 Å². The highest BCUT2D eigenvalue weighted by molar-refractivity contribution is 7.88. The molecule has 1 aromatic heterocycles. The number of aromatic nitrogens is 1. The lowest BCUT2D eigenvalue weighted by Gasteiger charge is -2.47. The minimum atomic E-state index is -3.37. The molecule has 4 unspecified atom stereocenters. The SMILES string of the molecule is Cn1cc(C(=O)NC2C3CCOC3C2NS(C)(=O)=O)c2ccccc21. The van der Waals surface area contributed by atoms with Gasteiger partial charge in [-0.3, -0.25) is 4.79 Å². The Labute approximate surface area is 146 Å². The maximum absolute atomic E-state index is 12.8. The van der Waals surface area contributed by atoms with Gasteiger partial charge >= 0.3 is 0 Å². The summed E-state index contributed by atoms with van der Waals surface area (Å²) in [5.41, 5.74) is 1.58. The minimum absolute atomic E-state index is 0.151. The van der Waals surface area contributed by atoms with E-state index in [4.69, 9.17) is 4.74 Å². The third-order valence-electron chi connectivity index (χ3n) is 5.18. The van der Waals surface area contributed by atoms with Gasteiger partial charge in [0.05, 0.1) is 30.0 Å². The molecule has 1 saturated carbocycles. The first-order valence-corrected chi connectivity index (χ1v) is 10.2. The molecule has 1 saturated heterocycles. The Kier molecular flexibility index (Phi) is 3.86. The molecule has 1 aliphatic heterocycles. The first kappa shape index (κ1) is 16.6. The average molecular weight is 363 g/mol. The summed E-state index contributed by atoms with van der Waals surface area (Å²) in [6.07, 6.45) is 3.60. The van der Waals surface area contributed by atoms with E-state index in [9.17, 15) is 13.2 Å². The van der Waals surface area contributed by atoms with E-state index in [1.54, 1.807) is 6.20 Å². The van der Waals surface area contributed by atoms with Crippen molar-refractivity contribution in [2.75, 3.05) is 12.9 Å². The van der Waals surface area contributed by atoms with Gasteiger partial charge in [0.1, 0.15) is 0 Å². The molecule has 2 aromatic rings. The summed E-state index contributed by atoms with van der Waals surface area (Å²) < 4.78 is 33.4. The average Bonchev–Trinajstić information content (AvgIpc) is 3.12. The third kappa shape index (κ3) is 2.84. The number of nitrogens with one attached hydrogen (secondary N) is 2. The van der Waals surface area contributed by atoms with E-state index in [-0.39, 0.29) is 24.0 Å². The number of para-hydroxylation sites is 1. The normalized spacial score (nSPS) is 28.6. The van der Waals surface area contributed by atoms with Crippen molar-refractivity contribution in [1.29, 1.82) is 0 Å². The van der Waals surface area contributed by atoms with Gasteiger partial charge in [-0.2, -0.15) is 0 Å². The van der Waals surface area contributed by atoms with Crippen LogP contribution in [0, 0.1) is 5.92 Å². The van der Waals surface area contributed by atoms with Gasteiger partial charge in [-0.05, 0) is 12.5 Å². The van der Waals surface area contributed by atoms with Crippen LogP contribution in [-0.2, 0) is 21.8 Å². The summed E-state index contributed by atoms with van der Waals surface area (Å²) >= 11 is 0. The van der Waals surface area contributed by atoms with Gasteiger partial charge in [0.15, 0.2) is 0 Å². The van der Waals surface area contributed by atoms with Crippen LogP contribution in [0.1, 0.15) is 16.8 Å². The molecular formula is C17H21N3O4S. The highest BCUT2D eigenvalue weighted by atomic mass is 32.2. The Bertz CT molecular complexity index is 937. The number of aryl methyl sites for hydroxylation is 1. The number of benzene rings is 1. The van der Waals surface area contributed by atoms with Crippen LogP contribution in [-0.4, -0.2) is 49.9 Å². The lowest BCUT2D eigenvalue weighted by molar-refractivity contribution is -0.0193. The van der Waals surface area contributed by atoms with Gasteiger partial charge in [0.2, 0.25) is 10.0 Å². The summed E-state index contributed by atoms with van der Waals surface area (Å²) in [6.45, 7) is 0.595. The Hall–Kier alpha value is -1.90. The predicted molar refractivity (Wildman–Crippen MR) is 93.8 cm³/mol. The van der Waals surface area contributed by atoms with E-state index in [0.29, 0.717) is 12.2 Å². The molecule has 2 aliphatic rings. The smallest absolute Gasteiger partial charge is 0.253 e. The van der Waals surface area contributed by atoms with E-state index in [1.807, 2.05) is 35.9 Å². The molecule has 2 fully saturated rings. The largest absolute Gasteiger partial charge is 0.376 e.